The van der Waals surface area contributed by atoms with Crippen molar-refractivity contribution in [2.24, 2.45) is 0 Å². The van der Waals surface area contributed by atoms with Gasteiger partial charge in [0.1, 0.15) is 6.04 Å². The molecule has 1 atom stereocenters. The molecule has 164 valence electrons. The topological polar surface area (TPSA) is 133 Å². The second-order valence-corrected chi connectivity index (χ2v) is 7.74. The molecule has 2 aromatic carbocycles. The molecule has 0 saturated carbocycles. The molecular formula is C23H21N3O6. The predicted molar refractivity (Wildman–Crippen MR) is 113 cm³/mol. The molecule has 32 heavy (non-hydrogen) atoms. The molecule has 9 nitrogen and oxygen atoms in total. The van der Waals surface area contributed by atoms with E-state index in [1.807, 2.05) is 24.3 Å². The van der Waals surface area contributed by atoms with E-state index in [1.165, 1.54) is 0 Å². The van der Waals surface area contributed by atoms with E-state index in [-0.39, 0.29) is 30.4 Å². The van der Waals surface area contributed by atoms with Crippen LogP contribution < -0.4 is 10.6 Å². The molecule has 1 saturated heterocycles. The summed E-state index contributed by atoms with van der Waals surface area (Å²) in [5.74, 6) is -3.02. The number of imide groups is 2. The number of nitrogens with one attached hydrogen (secondary N) is 2. The fourth-order valence-electron chi connectivity index (χ4n) is 3.93. The molecule has 4 amide bonds. The number of carbonyl (C=O) groups is 5. The number of carboxylic acid groups (broad SMARTS) is 1. The number of hydrogen-bond donors (Lipinski definition) is 3. The molecule has 0 spiro atoms. The Bertz CT molecular complexity index is 1130. The van der Waals surface area contributed by atoms with Crippen molar-refractivity contribution in [3.8, 4) is 0 Å². The minimum atomic E-state index is -1.01. The highest BCUT2D eigenvalue weighted by molar-refractivity contribution is 6.25. The van der Waals surface area contributed by atoms with Crippen molar-refractivity contribution in [2.45, 2.75) is 38.3 Å². The monoisotopic (exact) mass is 435 g/mol. The lowest BCUT2D eigenvalue weighted by Gasteiger charge is -2.27. The number of anilines is 1. The van der Waals surface area contributed by atoms with Gasteiger partial charge in [-0.15, -0.1) is 0 Å². The molecule has 1 fully saturated rings. The highest BCUT2D eigenvalue weighted by atomic mass is 16.4. The van der Waals surface area contributed by atoms with Gasteiger partial charge >= 0.3 is 5.97 Å². The molecule has 2 aliphatic rings. The van der Waals surface area contributed by atoms with Gasteiger partial charge in [0.25, 0.3) is 11.8 Å². The van der Waals surface area contributed by atoms with Crippen LogP contribution in [0.2, 0.25) is 0 Å². The smallest absolute Gasteiger partial charge is 0.303 e. The van der Waals surface area contributed by atoms with Gasteiger partial charge in [0.05, 0.1) is 11.1 Å². The number of fused-ring (bicyclic) bond motifs is 1. The predicted octanol–water partition coefficient (Wildman–Crippen LogP) is 1.72. The van der Waals surface area contributed by atoms with Gasteiger partial charge in [-0.1, -0.05) is 30.3 Å². The summed E-state index contributed by atoms with van der Waals surface area (Å²) in [6.07, 6.45) is 0.681. The van der Waals surface area contributed by atoms with Crippen molar-refractivity contribution >= 4 is 35.3 Å². The third kappa shape index (κ3) is 4.09. The van der Waals surface area contributed by atoms with Crippen LogP contribution in [0.5, 0.6) is 0 Å². The fourth-order valence-corrected chi connectivity index (χ4v) is 3.93. The van der Waals surface area contributed by atoms with Gasteiger partial charge in [0, 0.05) is 25.1 Å². The Morgan fingerprint density at radius 1 is 1.03 bits per heavy atom. The first-order chi connectivity index (χ1) is 15.3. The summed E-state index contributed by atoms with van der Waals surface area (Å²) in [5, 5.41) is 14.1. The maximum Gasteiger partial charge on any atom is 0.303 e. The molecule has 2 aromatic rings. The van der Waals surface area contributed by atoms with Crippen LogP contribution >= 0.6 is 0 Å². The minimum absolute atomic E-state index is 0.0631. The molecule has 0 radical (unpaired) electrons. The molecular weight excluding hydrogens is 414 g/mol. The first kappa shape index (κ1) is 21.2. The summed E-state index contributed by atoms with van der Waals surface area (Å²) in [7, 11) is 0. The zero-order valence-corrected chi connectivity index (χ0v) is 17.1. The van der Waals surface area contributed by atoms with E-state index in [2.05, 4.69) is 10.6 Å². The third-order valence-electron chi connectivity index (χ3n) is 5.60. The molecule has 0 aliphatic carbocycles. The number of aryl methyl sites for hydroxylation is 1. The molecule has 0 bridgehead atoms. The minimum Gasteiger partial charge on any atom is -0.481 e. The van der Waals surface area contributed by atoms with E-state index in [9.17, 15) is 24.0 Å². The number of hydrogen-bond acceptors (Lipinski definition) is 6. The van der Waals surface area contributed by atoms with Gasteiger partial charge in [0.15, 0.2) is 0 Å². The second-order valence-electron chi connectivity index (χ2n) is 7.74. The van der Waals surface area contributed by atoms with Crippen molar-refractivity contribution in [2.75, 3.05) is 5.32 Å². The van der Waals surface area contributed by atoms with Crippen LogP contribution in [-0.2, 0) is 27.3 Å². The number of amides is 4. The van der Waals surface area contributed by atoms with Crippen LogP contribution in [0.4, 0.5) is 5.69 Å². The maximum atomic E-state index is 13.1. The van der Waals surface area contributed by atoms with E-state index in [0.717, 1.165) is 16.0 Å². The van der Waals surface area contributed by atoms with Crippen LogP contribution in [0.15, 0.2) is 42.5 Å². The summed E-state index contributed by atoms with van der Waals surface area (Å²) in [6.45, 7) is 0.384. The van der Waals surface area contributed by atoms with E-state index in [0.29, 0.717) is 18.7 Å². The molecule has 4 rings (SSSR count). The van der Waals surface area contributed by atoms with E-state index < -0.39 is 35.6 Å². The lowest BCUT2D eigenvalue weighted by molar-refractivity contribution is -0.137. The Balaban J connectivity index is 1.49. The quantitative estimate of drug-likeness (QED) is 0.564. The molecule has 1 unspecified atom stereocenters. The molecule has 9 heteroatoms. The lowest BCUT2D eigenvalue weighted by atomic mass is 10.0. The first-order valence-corrected chi connectivity index (χ1v) is 10.2. The fraction of sp³-hybridized carbons (Fsp3) is 0.261. The summed E-state index contributed by atoms with van der Waals surface area (Å²) in [6, 6.07) is 11.3. The lowest BCUT2D eigenvalue weighted by Crippen LogP contribution is -2.54. The van der Waals surface area contributed by atoms with Gasteiger partial charge < -0.3 is 10.4 Å². The van der Waals surface area contributed by atoms with Gasteiger partial charge in [-0.25, -0.2) is 0 Å². The Hall–Kier alpha value is -4.01. The highest BCUT2D eigenvalue weighted by Gasteiger charge is 2.45. The number of carboxylic acids is 1. The Morgan fingerprint density at radius 2 is 1.75 bits per heavy atom. The van der Waals surface area contributed by atoms with Gasteiger partial charge in [0.2, 0.25) is 11.8 Å². The van der Waals surface area contributed by atoms with Crippen molar-refractivity contribution in [3.05, 3.63) is 64.7 Å². The van der Waals surface area contributed by atoms with Crippen LogP contribution in [0, 0.1) is 0 Å². The molecule has 2 aliphatic heterocycles. The van der Waals surface area contributed by atoms with Crippen LogP contribution in [0.1, 0.15) is 51.1 Å². The zero-order chi connectivity index (χ0) is 22.8. The summed E-state index contributed by atoms with van der Waals surface area (Å²) in [4.78, 5) is 61.2. The van der Waals surface area contributed by atoms with Crippen molar-refractivity contribution < 1.29 is 29.1 Å². The zero-order valence-electron chi connectivity index (χ0n) is 17.1. The third-order valence-corrected chi connectivity index (χ3v) is 5.60. The normalized spacial score (nSPS) is 17.9. The standard InChI is InChI=1S/C23H21N3O6/c27-18-10-9-17(21(30)25-18)26-22(31)15-2-1-3-16(20(15)23(26)32)24-12-14-6-4-13(5-7-14)8-11-19(28)29/h1-7,17,24H,8-12H2,(H,28,29)(H,25,27,30). The van der Waals surface area contributed by atoms with Crippen molar-refractivity contribution in [3.63, 3.8) is 0 Å². The van der Waals surface area contributed by atoms with Crippen LogP contribution in [-0.4, -0.2) is 45.6 Å². The summed E-state index contributed by atoms with van der Waals surface area (Å²) >= 11 is 0. The molecule has 3 N–H and O–H groups in total. The molecule has 2 heterocycles. The summed E-state index contributed by atoms with van der Waals surface area (Å²) < 4.78 is 0. The van der Waals surface area contributed by atoms with Crippen molar-refractivity contribution in [1.29, 1.82) is 0 Å². The van der Waals surface area contributed by atoms with E-state index in [4.69, 9.17) is 5.11 Å². The SMILES string of the molecule is O=C(O)CCc1ccc(CNc2cccc3c2C(=O)N(C2CCC(=O)NC2=O)C3=O)cc1. The van der Waals surface area contributed by atoms with Gasteiger partial charge in [-0.05, 0) is 36.1 Å². The number of benzene rings is 2. The van der Waals surface area contributed by atoms with E-state index in [1.54, 1.807) is 18.2 Å². The maximum absolute atomic E-state index is 13.1. The van der Waals surface area contributed by atoms with Crippen molar-refractivity contribution in [1.82, 2.24) is 10.2 Å². The Morgan fingerprint density at radius 3 is 2.44 bits per heavy atom. The van der Waals surface area contributed by atoms with Crippen LogP contribution in [0.3, 0.4) is 0 Å². The number of aliphatic carboxylic acids is 1. The Kier molecular flexibility index (Phi) is 5.72. The van der Waals surface area contributed by atoms with Gasteiger partial charge in [-0.3, -0.25) is 34.2 Å². The summed E-state index contributed by atoms with van der Waals surface area (Å²) in [5.41, 5.74) is 2.73. The number of carbonyl (C=O) groups excluding carboxylic acids is 4. The largest absolute Gasteiger partial charge is 0.481 e. The average Bonchev–Trinajstić information content (AvgIpc) is 3.02. The Labute approximate surface area is 183 Å². The molecule has 0 aromatic heterocycles. The number of piperidine rings is 1. The number of rotatable bonds is 7. The van der Waals surface area contributed by atoms with Gasteiger partial charge in [-0.2, -0.15) is 0 Å². The second kappa shape index (κ2) is 8.62. The van der Waals surface area contributed by atoms with Crippen LogP contribution in [0.25, 0.3) is 0 Å². The number of nitrogens with zero attached hydrogens (tertiary/aromatic N) is 1. The first-order valence-electron chi connectivity index (χ1n) is 10.2. The highest BCUT2D eigenvalue weighted by Crippen LogP contribution is 2.32. The van der Waals surface area contributed by atoms with E-state index >= 15 is 0 Å². The average molecular weight is 435 g/mol.